The number of carbonyl (C=O) groups is 1. The second-order valence-corrected chi connectivity index (χ2v) is 4.50. The standard InChI is InChI=1S/C13H18N2O2/c1-15(2)14-13(16)9-17-12-7-6-10-4-3-5-11(10)8-12/h6-8H,3-5,9H2,1-2H3,(H,14,16). The van der Waals surface area contributed by atoms with E-state index in [1.165, 1.54) is 17.5 Å². The monoisotopic (exact) mass is 234 g/mol. The zero-order valence-electron chi connectivity index (χ0n) is 10.3. The number of benzene rings is 1. The molecule has 0 spiro atoms. The van der Waals surface area contributed by atoms with Crippen LogP contribution in [0.25, 0.3) is 0 Å². The van der Waals surface area contributed by atoms with Crippen LogP contribution in [-0.2, 0) is 17.6 Å². The van der Waals surface area contributed by atoms with E-state index < -0.39 is 0 Å². The summed E-state index contributed by atoms with van der Waals surface area (Å²) in [6, 6.07) is 6.08. The maximum absolute atomic E-state index is 11.4. The first kappa shape index (κ1) is 11.9. The Morgan fingerprint density at radius 1 is 1.35 bits per heavy atom. The lowest BCUT2D eigenvalue weighted by Gasteiger charge is -2.12. The summed E-state index contributed by atoms with van der Waals surface area (Å²) in [5, 5.41) is 1.61. The topological polar surface area (TPSA) is 41.6 Å². The summed E-state index contributed by atoms with van der Waals surface area (Å²) in [6.45, 7) is 0.0525. The quantitative estimate of drug-likeness (QED) is 0.794. The van der Waals surface area contributed by atoms with Crippen LogP contribution in [0.5, 0.6) is 5.75 Å². The van der Waals surface area contributed by atoms with Crippen LogP contribution in [0.2, 0.25) is 0 Å². The number of amides is 1. The predicted molar refractivity (Wildman–Crippen MR) is 65.8 cm³/mol. The number of nitrogens with one attached hydrogen (secondary N) is 1. The van der Waals surface area contributed by atoms with Crippen LogP contribution >= 0.6 is 0 Å². The lowest BCUT2D eigenvalue weighted by atomic mass is 10.1. The molecule has 0 aromatic heterocycles. The second kappa shape index (κ2) is 5.19. The normalized spacial score (nSPS) is 13.6. The highest BCUT2D eigenvalue weighted by molar-refractivity contribution is 5.76. The van der Waals surface area contributed by atoms with Gasteiger partial charge in [0, 0.05) is 14.1 Å². The molecule has 4 nitrogen and oxygen atoms in total. The van der Waals surface area contributed by atoms with Crippen molar-refractivity contribution in [3.8, 4) is 5.75 Å². The summed E-state index contributed by atoms with van der Waals surface area (Å²) in [4.78, 5) is 11.4. The Morgan fingerprint density at radius 2 is 2.12 bits per heavy atom. The lowest BCUT2D eigenvalue weighted by Crippen LogP contribution is -2.39. The van der Waals surface area contributed by atoms with E-state index in [1.54, 1.807) is 19.1 Å². The summed E-state index contributed by atoms with van der Waals surface area (Å²) in [5.74, 6) is 0.634. The molecule has 0 radical (unpaired) electrons. The van der Waals surface area contributed by atoms with Gasteiger partial charge < -0.3 is 4.74 Å². The van der Waals surface area contributed by atoms with E-state index in [0.29, 0.717) is 0 Å². The third-order valence-corrected chi connectivity index (χ3v) is 2.79. The van der Waals surface area contributed by atoms with Crippen molar-refractivity contribution >= 4 is 5.91 Å². The van der Waals surface area contributed by atoms with E-state index in [0.717, 1.165) is 18.6 Å². The molecule has 0 saturated carbocycles. The highest BCUT2D eigenvalue weighted by Gasteiger charge is 2.11. The smallest absolute Gasteiger partial charge is 0.272 e. The third kappa shape index (κ3) is 3.20. The number of hydrogen-bond donors (Lipinski definition) is 1. The molecule has 0 atom stereocenters. The fraction of sp³-hybridized carbons (Fsp3) is 0.462. The number of carbonyl (C=O) groups excluding carboxylic acids is 1. The molecule has 0 unspecified atom stereocenters. The van der Waals surface area contributed by atoms with Gasteiger partial charge in [-0.05, 0) is 42.5 Å². The van der Waals surface area contributed by atoms with Crippen LogP contribution in [0.15, 0.2) is 18.2 Å². The molecule has 1 N–H and O–H groups in total. The highest BCUT2D eigenvalue weighted by Crippen LogP contribution is 2.25. The Kier molecular flexibility index (Phi) is 3.64. The first-order chi connectivity index (χ1) is 8.15. The lowest BCUT2D eigenvalue weighted by molar-refractivity contribution is -0.126. The number of hydrazine groups is 1. The molecule has 92 valence electrons. The molecule has 4 heteroatoms. The Hall–Kier alpha value is -1.55. The molecule has 0 saturated heterocycles. The van der Waals surface area contributed by atoms with Gasteiger partial charge in [0.05, 0.1) is 0 Å². The molecule has 0 heterocycles. The van der Waals surface area contributed by atoms with E-state index in [2.05, 4.69) is 11.5 Å². The Labute approximate surface area is 102 Å². The van der Waals surface area contributed by atoms with E-state index in [1.807, 2.05) is 12.1 Å². The average Bonchev–Trinajstić information content (AvgIpc) is 2.72. The van der Waals surface area contributed by atoms with Crippen molar-refractivity contribution in [3.05, 3.63) is 29.3 Å². The molecule has 1 amide bonds. The Morgan fingerprint density at radius 3 is 2.88 bits per heavy atom. The van der Waals surface area contributed by atoms with Crippen LogP contribution < -0.4 is 10.2 Å². The van der Waals surface area contributed by atoms with Gasteiger partial charge in [-0.3, -0.25) is 10.2 Å². The zero-order valence-corrected chi connectivity index (χ0v) is 10.3. The van der Waals surface area contributed by atoms with E-state index in [-0.39, 0.29) is 12.5 Å². The third-order valence-electron chi connectivity index (χ3n) is 2.79. The van der Waals surface area contributed by atoms with Crippen LogP contribution in [-0.4, -0.2) is 31.6 Å². The molecule has 0 fully saturated rings. The van der Waals surface area contributed by atoms with Gasteiger partial charge in [0.1, 0.15) is 5.75 Å². The number of hydrogen-bond acceptors (Lipinski definition) is 3. The number of ether oxygens (including phenoxy) is 1. The van der Waals surface area contributed by atoms with E-state index in [9.17, 15) is 4.79 Å². The highest BCUT2D eigenvalue weighted by atomic mass is 16.5. The molecule has 0 bridgehead atoms. The molecule has 0 aliphatic heterocycles. The van der Waals surface area contributed by atoms with Gasteiger partial charge in [-0.2, -0.15) is 0 Å². The fourth-order valence-electron chi connectivity index (χ4n) is 2.07. The van der Waals surface area contributed by atoms with Crippen molar-refractivity contribution in [2.45, 2.75) is 19.3 Å². The van der Waals surface area contributed by atoms with Crippen LogP contribution in [0.1, 0.15) is 17.5 Å². The molecule has 1 aliphatic rings. The molecule has 2 rings (SSSR count). The molecule has 1 aromatic carbocycles. The summed E-state index contributed by atoms with van der Waals surface area (Å²) in [7, 11) is 3.54. The molecular weight excluding hydrogens is 216 g/mol. The average molecular weight is 234 g/mol. The van der Waals surface area contributed by atoms with Crippen molar-refractivity contribution in [2.24, 2.45) is 0 Å². The van der Waals surface area contributed by atoms with Crippen molar-refractivity contribution < 1.29 is 9.53 Å². The van der Waals surface area contributed by atoms with Gasteiger partial charge in [0.2, 0.25) is 0 Å². The minimum Gasteiger partial charge on any atom is -0.484 e. The molecular formula is C13H18N2O2. The van der Waals surface area contributed by atoms with Gasteiger partial charge in [-0.1, -0.05) is 6.07 Å². The second-order valence-electron chi connectivity index (χ2n) is 4.50. The predicted octanol–water partition coefficient (Wildman–Crippen LogP) is 1.15. The van der Waals surface area contributed by atoms with Crippen LogP contribution in [0.3, 0.4) is 0 Å². The molecule has 17 heavy (non-hydrogen) atoms. The summed E-state index contributed by atoms with van der Waals surface area (Å²) in [6.07, 6.45) is 3.51. The summed E-state index contributed by atoms with van der Waals surface area (Å²) < 4.78 is 5.46. The van der Waals surface area contributed by atoms with Gasteiger partial charge in [-0.15, -0.1) is 0 Å². The van der Waals surface area contributed by atoms with Gasteiger partial charge in [0.25, 0.3) is 5.91 Å². The zero-order chi connectivity index (χ0) is 12.3. The van der Waals surface area contributed by atoms with Gasteiger partial charge >= 0.3 is 0 Å². The minimum absolute atomic E-state index is 0.0525. The number of nitrogens with zero attached hydrogens (tertiary/aromatic N) is 1. The maximum Gasteiger partial charge on any atom is 0.272 e. The summed E-state index contributed by atoms with van der Waals surface area (Å²) in [5.41, 5.74) is 5.40. The maximum atomic E-state index is 11.4. The summed E-state index contributed by atoms with van der Waals surface area (Å²) >= 11 is 0. The number of fused-ring (bicyclic) bond motifs is 1. The Bertz CT molecular complexity index is 416. The van der Waals surface area contributed by atoms with Crippen molar-refractivity contribution in [1.82, 2.24) is 10.4 Å². The SMILES string of the molecule is CN(C)NC(=O)COc1ccc2c(c1)CCC2. The van der Waals surface area contributed by atoms with Crippen LogP contribution in [0.4, 0.5) is 0 Å². The Balaban J connectivity index is 1.89. The number of rotatable bonds is 4. The first-order valence-corrected chi connectivity index (χ1v) is 5.86. The van der Waals surface area contributed by atoms with Crippen LogP contribution in [0, 0.1) is 0 Å². The van der Waals surface area contributed by atoms with E-state index >= 15 is 0 Å². The fourth-order valence-corrected chi connectivity index (χ4v) is 2.07. The van der Waals surface area contributed by atoms with E-state index in [4.69, 9.17) is 4.74 Å². The van der Waals surface area contributed by atoms with Crippen molar-refractivity contribution in [3.63, 3.8) is 0 Å². The number of aryl methyl sites for hydroxylation is 2. The molecule has 1 aromatic rings. The van der Waals surface area contributed by atoms with Gasteiger partial charge in [-0.25, -0.2) is 5.01 Å². The molecule has 1 aliphatic carbocycles. The van der Waals surface area contributed by atoms with Crippen molar-refractivity contribution in [2.75, 3.05) is 20.7 Å². The minimum atomic E-state index is -0.143. The first-order valence-electron chi connectivity index (χ1n) is 5.86. The van der Waals surface area contributed by atoms with Gasteiger partial charge in [0.15, 0.2) is 6.61 Å². The van der Waals surface area contributed by atoms with Crippen molar-refractivity contribution in [1.29, 1.82) is 0 Å². The largest absolute Gasteiger partial charge is 0.484 e.